The Morgan fingerprint density at radius 2 is 2.11 bits per heavy atom. The van der Waals surface area contributed by atoms with Crippen molar-refractivity contribution in [1.82, 2.24) is 10.2 Å². The third-order valence-corrected chi connectivity index (χ3v) is 4.11. The summed E-state index contributed by atoms with van der Waals surface area (Å²) in [5, 5.41) is 13.2. The van der Waals surface area contributed by atoms with Gasteiger partial charge in [-0.15, -0.1) is 0 Å². The van der Waals surface area contributed by atoms with Gasteiger partial charge in [-0.25, -0.2) is 18.4 Å². The van der Waals surface area contributed by atoms with Gasteiger partial charge in [0, 0.05) is 32.1 Å². The molecule has 8 nitrogen and oxygen atoms in total. The number of nitrogens with zero attached hydrogens (tertiary/aromatic N) is 1. The monoisotopic (exact) mass is 387 g/mol. The summed E-state index contributed by atoms with van der Waals surface area (Å²) in [5.41, 5.74) is 5.22. The molecule has 0 spiro atoms. The lowest BCUT2D eigenvalue weighted by Crippen LogP contribution is -2.43. The lowest BCUT2D eigenvalue weighted by Gasteiger charge is -2.23. The van der Waals surface area contributed by atoms with Crippen molar-refractivity contribution < 1.29 is 33.0 Å². The van der Waals surface area contributed by atoms with Crippen molar-refractivity contribution in [3.63, 3.8) is 0 Å². The largest absolute Gasteiger partial charge is 0.443 e. The third-order valence-electron chi connectivity index (χ3n) is 4.11. The maximum absolute atomic E-state index is 13.3. The number of nitrogens with one attached hydrogen (secondary N) is 1. The van der Waals surface area contributed by atoms with Gasteiger partial charge in [-0.2, -0.15) is 0 Å². The van der Waals surface area contributed by atoms with Gasteiger partial charge in [0.1, 0.15) is 29.9 Å². The summed E-state index contributed by atoms with van der Waals surface area (Å²) < 4.78 is 36.7. The van der Waals surface area contributed by atoms with E-state index in [-0.39, 0.29) is 31.2 Å². The first kappa shape index (κ1) is 20.8. The van der Waals surface area contributed by atoms with Crippen molar-refractivity contribution in [2.75, 3.05) is 26.2 Å². The van der Waals surface area contributed by atoms with Crippen molar-refractivity contribution in [2.24, 2.45) is 5.73 Å². The molecule has 0 aliphatic carbocycles. The normalized spacial score (nSPS) is 18.9. The molecule has 1 aromatic rings. The zero-order chi connectivity index (χ0) is 20.0. The number of amides is 2. The molecular formula is C17H23F2N3O5. The van der Waals surface area contributed by atoms with E-state index in [1.54, 1.807) is 4.90 Å². The first-order valence-electron chi connectivity index (χ1n) is 8.53. The second-order valence-electron chi connectivity index (χ2n) is 6.23. The van der Waals surface area contributed by atoms with E-state index in [1.165, 1.54) is 0 Å². The molecule has 4 N–H and O–H groups in total. The highest BCUT2D eigenvalue weighted by molar-refractivity contribution is 5.69. The molecule has 1 aromatic carbocycles. The molecule has 1 heterocycles. The standard InChI is InChI=1S/C17H23F2N3O5/c1-2-22-9-13(26-17(22)25)7-21-8-14(23)15(27-16(20)24)5-10-3-11(18)6-12(19)4-10/h3-4,6,13-15,21,23H,2,5,7-9H2,1H3,(H2,20,24)/t13-,14-,15-/m0/s1. The number of aliphatic hydroxyl groups is 1. The van der Waals surface area contributed by atoms with Gasteiger partial charge in [0.2, 0.25) is 0 Å². The number of hydrogen-bond acceptors (Lipinski definition) is 6. The van der Waals surface area contributed by atoms with Crippen molar-refractivity contribution >= 4 is 12.2 Å². The van der Waals surface area contributed by atoms with E-state index in [4.69, 9.17) is 15.2 Å². The third kappa shape index (κ3) is 6.33. The summed E-state index contributed by atoms with van der Waals surface area (Å²) in [4.78, 5) is 24.1. The number of hydrogen-bond donors (Lipinski definition) is 3. The van der Waals surface area contributed by atoms with Crippen LogP contribution in [0.1, 0.15) is 12.5 Å². The molecule has 1 saturated heterocycles. The molecule has 1 aliphatic rings. The fourth-order valence-corrected chi connectivity index (χ4v) is 2.83. The molecule has 0 bridgehead atoms. The second kappa shape index (κ2) is 9.47. The van der Waals surface area contributed by atoms with Crippen LogP contribution in [0.3, 0.4) is 0 Å². The van der Waals surface area contributed by atoms with E-state index < -0.39 is 36.0 Å². The van der Waals surface area contributed by atoms with E-state index in [0.29, 0.717) is 19.2 Å². The Labute approximate surface area is 155 Å². The zero-order valence-electron chi connectivity index (χ0n) is 14.9. The van der Waals surface area contributed by atoms with Crippen LogP contribution in [0.4, 0.5) is 18.4 Å². The van der Waals surface area contributed by atoms with Gasteiger partial charge in [0.25, 0.3) is 0 Å². The number of halogens is 2. The van der Waals surface area contributed by atoms with Crippen LogP contribution >= 0.6 is 0 Å². The van der Waals surface area contributed by atoms with Crippen LogP contribution in [0.5, 0.6) is 0 Å². The first-order valence-corrected chi connectivity index (χ1v) is 8.53. The minimum atomic E-state index is -1.19. The Bertz CT molecular complexity index is 656. The Hall–Kier alpha value is -2.46. The molecule has 150 valence electrons. The number of cyclic esters (lactones) is 1. The molecule has 10 heteroatoms. The fraction of sp³-hybridized carbons (Fsp3) is 0.529. The lowest BCUT2D eigenvalue weighted by atomic mass is 10.0. The van der Waals surface area contributed by atoms with Gasteiger partial charge in [-0.3, -0.25) is 0 Å². The van der Waals surface area contributed by atoms with E-state index in [2.05, 4.69) is 5.32 Å². The Morgan fingerprint density at radius 3 is 2.67 bits per heavy atom. The SMILES string of the molecule is CCN1C[C@H](CNC[C@H](O)[C@H](Cc2cc(F)cc(F)c2)OC(N)=O)OC1=O. The van der Waals surface area contributed by atoms with Gasteiger partial charge < -0.3 is 30.5 Å². The van der Waals surface area contributed by atoms with E-state index in [1.807, 2.05) is 6.92 Å². The van der Waals surface area contributed by atoms with Gasteiger partial charge in [-0.05, 0) is 24.6 Å². The number of aliphatic hydroxyl groups excluding tert-OH is 1. The van der Waals surface area contributed by atoms with Crippen LogP contribution in [-0.4, -0.2) is 66.7 Å². The van der Waals surface area contributed by atoms with Crippen LogP contribution < -0.4 is 11.1 Å². The first-order chi connectivity index (χ1) is 12.8. The molecule has 2 rings (SSSR count). The molecule has 0 radical (unpaired) electrons. The van der Waals surface area contributed by atoms with E-state index >= 15 is 0 Å². The van der Waals surface area contributed by atoms with Crippen molar-refractivity contribution in [2.45, 2.75) is 31.7 Å². The van der Waals surface area contributed by atoms with Crippen LogP contribution in [-0.2, 0) is 15.9 Å². The predicted molar refractivity (Wildman–Crippen MR) is 90.9 cm³/mol. The molecule has 2 amide bonds. The quantitative estimate of drug-likeness (QED) is 0.577. The molecule has 3 atom stereocenters. The highest BCUT2D eigenvalue weighted by Crippen LogP contribution is 2.14. The highest BCUT2D eigenvalue weighted by atomic mass is 19.1. The minimum Gasteiger partial charge on any atom is -0.443 e. The van der Waals surface area contributed by atoms with Crippen LogP contribution in [0.2, 0.25) is 0 Å². The van der Waals surface area contributed by atoms with Crippen LogP contribution in [0.15, 0.2) is 18.2 Å². The zero-order valence-corrected chi connectivity index (χ0v) is 14.9. The number of primary amides is 1. The Morgan fingerprint density at radius 1 is 1.44 bits per heavy atom. The summed E-state index contributed by atoms with van der Waals surface area (Å²) in [7, 11) is 0. The lowest BCUT2D eigenvalue weighted by molar-refractivity contribution is 0.00633. The maximum atomic E-state index is 13.3. The van der Waals surface area contributed by atoms with Crippen LogP contribution in [0, 0.1) is 11.6 Å². The average molecular weight is 387 g/mol. The van der Waals surface area contributed by atoms with Gasteiger partial charge in [-0.1, -0.05) is 0 Å². The molecule has 27 heavy (non-hydrogen) atoms. The summed E-state index contributed by atoms with van der Waals surface area (Å²) in [6, 6.07) is 2.88. The van der Waals surface area contributed by atoms with E-state index in [0.717, 1.165) is 12.1 Å². The fourth-order valence-electron chi connectivity index (χ4n) is 2.83. The Kier molecular flexibility index (Phi) is 7.31. The number of rotatable bonds is 9. The van der Waals surface area contributed by atoms with Gasteiger partial charge >= 0.3 is 12.2 Å². The van der Waals surface area contributed by atoms with E-state index in [9.17, 15) is 23.5 Å². The van der Waals surface area contributed by atoms with Gasteiger partial charge in [0.15, 0.2) is 0 Å². The van der Waals surface area contributed by atoms with Crippen LogP contribution in [0.25, 0.3) is 0 Å². The maximum Gasteiger partial charge on any atom is 0.410 e. The summed E-state index contributed by atoms with van der Waals surface area (Å²) in [6.07, 6.45) is -4.29. The number of benzene rings is 1. The molecular weight excluding hydrogens is 364 g/mol. The molecule has 0 aromatic heterocycles. The summed E-state index contributed by atoms with van der Waals surface area (Å²) >= 11 is 0. The molecule has 0 unspecified atom stereocenters. The number of carbonyl (C=O) groups is 2. The predicted octanol–water partition coefficient (Wildman–Crippen LogP) is 0.762. The topological polar surface area (TPSA) is 114 Å². The molecule has 1 aliphatic heterocycles. The number of ether oxygens (including phenoxy) is 2. The van der Waals surface area contributed by atoms with Gasteiger partial charge in [0.05, 0.1) is 6.54 Å². The van der Waals surface area contributed by atoms with Crippen molar-refractivity contribution in [3.05, 3.63) is 35.4 Å². The summed E-state index contributed by atoms with van der Waals surface area (Å²) in [6.45, 7) is 3.09. The number of likely N-dealkylation sites (N-methyl/N-ethyl adjacent to an activating group) is 1. The van der Waals surface area contributed by atoms with Crippen molar-refractivity contribution in [1.29, 1.82) is 0 Å². The number of nitrogens with two attached hydrogens (primary N) is 1. The second-order valence-corrected chi connectivity index (χ2v) is 6.23. The number of carbonyl (C=O) groups excluding carboxylic acids is 2. The smallest absolute Gasteiger partial charge is 0.410 e. The van der Waals surface area contributed by atoms with Crippen molar-refractivity contribution in [3.8, 4) is 0 Å². The Balaban J connectivity index is 1.89. The minimum absolute atomic E-state index is 0.00405. The highest BCUT2D eigenvalue weighted by Gasteiger charge is 2.30. The molecule has 1 fully saturated rings. The summed E-state index contributed by atoms with van der Waals surface area (Å²) in [5.74, 6) is -1.56. The average Bonchev–Trinajstić information content (AvgIpc) is 2.92. The molecule has 0 saturated carbocycles.